The van der Waals surface area contributed by atoms with Crippen LogP contribution in [0.25, 0.3) is 0 Å². The summed E-state index contributed by atoms with van der Waals surface area (Å²) >= 11 is 3.32. The number of carbonyl (C=O) groups is 1. The van der Waals surface area contributed by atoms with Gasteiger partial charge in [0, 0.05) is 9.57 Å². The van der Waals surface area contributed by atoms with Crippen LogP contribution in [0.5, 0.6) is 0 Å². The second-order valence-corrected chi connectivity index (χ2v) is 4.76. The first-order chi connectivity index (χ1) is 10.0. The maximum Gasteiger partial charge on any atom is 0.490 e. The lowest BCUT2D eigenvalue weighted by Gasteiger charge is -1.97. The van der Waals surface area contributed by atoms with E-state index >= 15 is 0 Å². The standard InChI is InChI=1S/C11H9BrN6O3/c12-9-3-1-2-8(4-9)5-14-15-10(19)6-17-7-13-11(16-17)18(20)21/h1-5,7H,6H2,(H,15,19)/b14-5-. The molecule has 1 aromatic carbocycles. The van der Waals surface area contributed by atoms with E-state index in [4.69, 9.17) is 0 Å². The number of hydrogen-bond acceptors (Lipinski definition) is 6. The molecular formula is C11H9BrN6O3. The molecule has 1 N–H and O–H groups in total. The summed E-state index contributed by atoms with van der Waals surface area (Å²) in [6, 6.07) is 7.35. The van der Waals surface area contributed by atoms with Gasteiger partial charge >= 0.3 is 5.95 Å². The van der Waals surface area contributed by atoms with Crippen LogP contribution in [0.1, 0.15) is 5.56 Å². The molecule has 0 spiro atoms. The molecule has 0 atom stereocenters. The highest BCUT2D eigenvalue weighted by atomic mass is 79.9. The first-order valence-electron chi connectivity index (χ1n) is 5.66. The Morgan fingerprint density at radius 2 is 2.38 bits per heavy atom. The topological polar surface area (TPSA) is 115 Å². The summed E-state index contributed by atoms with van der Waals surface area (Å²) in [5, 5.41) is 17.7. The van der Waals surface area contributed by atoms with Gasteiger partial charge in [-0.25, -0.2) is 5.43 Å². The van der Waals surface area contributed by atoms with Crippen LogP contribution in [0.15, 0.2) is 40.2 Å². The zero-order valence-corrected chi connectivity index (χ0v) is 12.1. The number of hydrogen-bond donors (Lipinski definition) is 1. The second-order valence-electron chi connectivity index (χ2n) is 3.85. The number of halogens is 1. The third-order valence-corrected chi connectivity index (χ3v) is 2.74. The number of benzene rings is 1. The number of carbonyl (C=O) groups excluding carboxylic acids is 1. The first kappa shape index (κ1) is 14.8. The van der Waals surface area contributed by atoms with E-state index in [-0.39, 0.29) is 6.54 Å². The number of hydrazone groups is 1. The van der Waals surface area contributed by atoms with Crippen LogP contribution in [0.4, 0.5) is 5.95 Å². The smallest absolute Gasteiger partial charge is 0.390 e. The number of rotatable bonds is 5. The Kier molecular flexibility index (Phi) is 4.72. The highest BCUT2D eigenvalue weighted by Gasteiger charge is 2.14. The average molecular weight is 353 g/mol. The minimum atomic E-state index is -0.736. The SMILES string of the molecule is O=C(Cn1cnc([N+](=O)[O-])n1)N/N=C\c1cccc(Br)c1. The number of nitrogens with zero attached hydrogens (tertiary/aromatic N) is 5. The fraction of sp³-hybridized carbons (Fsp3) is 0.0909. The molecule has 0 bridgehead atoms. The van der Waals surface area contributed by atoms with Crippen molar-refractivity contribution in [3.63, 3.8) is 0 Å². The van der Waals surface area contributed by atoms with Crippen LogP contribution in [0.2, 0.25) is 0 Å². The maximum atomic E-state index is 11.6. The van der Waals surface area contributed by atoms with Crippen molar-refractivity contribution in [2.45, 2.75) is 6.54 Å². The molecule has 1 heterocycles. The maximum absolute atomic E-state index is 11.6. The van der Waals surface area contributed by atoms with Crippen molar-refractivity contribution in [3.8, 4) is 0 Å². The van der Waals surface area contributed by atoms with E-state index in [2.05, 4.69) is 36.5 Å². The van der Waals surface area contributed by atoms with E-state index in [0.717, 1.165) is 21.0 Å². The van der Waals surface area contributed by atoms with Gasteiger partial charge in [-0.2, -0.15) is 9.78 Å². The Morgan fingerprint density at radius 1 is 1.57 bits per heavy atom. The highest BCUT2D eigenvalue weighted by molar-refractivity contribution is 9.10. The normalized spacial score (nSPS) is 10.7. The zero-order chi connectivity index (χ0) is 15.2. The van der Waals surface area contributed by atoms with Crippen LogP contribution < -0.4 is 5.43 Å². The van der Waals surface area contributed by atoms with Crippen molar-refractivity contribution in [1.29, 1.82) is 0 Å². The summed E-state index contributed by atoms with van der Waals surface area (Å²) < 4.78 is 1.95. The molecule has 108 valence electrons. The van der Waals surface area contributed by atoms with E-state index in [0.29, 0.717) is 0 Å². The van der Waals surface area contributed by atoms with Crippen molar-refractivity contribution in [2.75, 3.05) is 0 Å². The van der Waals surface area contributed by atoms with Crippen LogP contribution in [-0.4, -0.2) is 31.8 Å². The largest absolute Gasteiger partial charge is 0.490 e. The number of nitrogens with one attached hydrogen (secondary N) is 1. The van der Waals surface area contributed by atoms with Gasteiger partial charge in [-0.3, -0.25) is 4.79 Å². The summed E-state index contributed by atoms with van der Waals surface area (Å²) in [5.41, 5.74) is 3.10. The molecule has 1 aromatic heterocycles. The molecule has 21 heavy (non-hydrogen) atoms. The lowest BCUT2D eigenvalue weighted by molar-refractivity contribution is -0.394. The van der Waals surface area contributed by atoms with Crippen LogP contribution in [0, 0.1) is 10.1 Å². The number of nitro groups is 1. The Balaban J connectivity index is 1.88. The van der Waals surface area contributed by atoms with E-state index in [1.165, 1.54) is 6.21 Å². The molecule has 0 saturated carbocycles. The van der Waals surface area contributed by atoms with Gasteiger partial charge in [0.2, 0.25) is 6.33 Å². The van der Waals surface area contributed by atoms with Gasteiger partial charge in [-0.05, 0) is 22.6 Å². The minimum Gasteiger partial charge on any atom is -0.390 e. The third-order valence-electron chi connectivity index (χ3n) is 2.24. The van der Waals surface area contributed by atoms with Gasteiger partial charge in [0.1, 0.15) is 6.54 Å². The minimum absolute atomic E-state index is 0.212. The Labute approximate surface area is 127 Å². The first-order valence-corrected chi connectivity index (χ1v) is 6.45. The molecule has 9 nitrogen and oxygen atoms in total. The summed E-state index contributed by atoms with van der Waals surface area (Å²) in [6.07, 6.45) is 2.59. The van der Waals surface area contributed by atoms with Crippen molar-refractivity contribution < 1.29 is 9.72 Å². The van der Waals surface area contributed by atoms with Gasteiger partial charge in [0.25, 0.3) is 5.91 Å². The summed E-state index contributed by atoms with van der Waals surface area (Å²) in [5.74, 6) is -1.03. The van der Waals surface area contributed by atoms with Crippen LogP contribution in [-0.2, 0) is 11.3 Å². The van der Waals surface area contributed by atoms with Gasteiger partial charge in [0.05, 0.1) is 6.21 Å². The molecule has 2 aromatic rings. The van der Waals surface area contributed by atoms with Crippen molar-refractivity contribution in [3.05, 3.63) is 50.7 Å². The molecule has 0 aliphatic rings. The van der Waals surface area contributed by atoms with Gasteiger partial charge in [-0.15, -0.1) is 0 Å². The zero-order valence-electron chi connectivity index (χ0n) is 10.5. The fourth-order valence-electron chi connectivity index (χ4n) is 1.39. The van der Waals surface area contributed by atoms with E-state index < -0.39 is 16.8 Å². The summed E-state index contributed by atoms with van der Waals surface area (Å²) in [4.78, 5) is 24.7. The molecule has 0 aliphatic heterocycles. The average Bonchev–Trinajstić information content (AvgIpc) is 2.87. The van der Waals surface area contributed by atoms with Crippen molar-refractivity contribution in [1.82, 2.24) is 20.2 Å². The molecule has 1 amide bonds. The molecule has 0 radical (unpaired) electrons. The molecular weight excluding hydrogens is 344 g/mol. The number of aromatic nitrogens is 3. The van der Waals surface area contributed by atoms with Gasteiger partial charge in [0.15, 0.2) is 0 Å². The Bertz CT molecular complexity index is 699. The number of amides is 1. The molecule has 0 aliphatic carbocycles. The van der Waals surface area contributed by atoms with Crippen molar-refractivity contribution in [2.24, 2.45) is 5.10 Å². The van der Waals surface area contributed by atoms with Gasteiger partial charge < -0.3 is 10.1 Å². The van der Waals surface area contributed by atoms with E-state index in [1.54, 1.807) is 0 Å². The predicted octanol–water partition coefficient (Wildman–Crippen LogP) is 1.10. The molecule has 10 heteroatoms. The second kappa shape index (κ2) is 6.70. The van der Waals surface area contributed by atoms with E-state index in [1.807, 2.05) is 24.3 Å². The third kappa shape index (κ3) is 4.45. The van der Waals surface area contributed by atoms with Gasteiger partial charge in [-0.1, -0.05) is 33.0 Å². The van der Waals surface area contributed by atoms with Crippen LogP contribution >= 0.6 is 15.9 Å². The quantitative estimate of drug-likeness (QED) is 0.491. The van der Waals surface area contributed by atoms with Crippen LogP contribution in [0.3, 0.4) is 0 Å². The summed E-state index contributed by atoms with van der Waals surface area (Å²) in [6.45, 7) is -0.212. The lowest BCUT2D eigenvalue weighted by Crippen LogP contribution is -2.23. The molecule has 0 saturated heterocycles. The van der Waals surface area contributed by atoms with E-state index in [9.17, 15) is 14.9 Å². The monoisotopic (exact) mass is 352 g/mol. The molecule has 0 fully saturated rings. The predicted molar refractivity (Wildman–Crippen MR) is 76.6 cm³/mol. The molecule has 2 rings (SSSR count). The van der Waals surface area contributed by atoms with Crippen molar-refractivity contribution >= 4 is 34.0 Å². The molecule has 0 unspecified atom stereocenters. The highest BCUT2D eigenvalue weighted by Crippen LogP contribution is 2.09. The Hall–Kier alpha value is -2.62. The summed E-state index contributed by atoms with van der Waals surface area (Å²) in [7, 11) is 0. The lowest BCUT2D eigenvalue weighted by atomic mass is 10.2. The fourth-order valence-corrected chi connectivity index (χ4v) is 1.81. The Morgan fingerprint density at radius 3 is 3.05 bits per heavy atom.